The van der Waals surface area contributed by atoms with Gasteiger partial charge in [-0.2, -0.15) is 0 Å². The second-order valence-electron chi connectivity index (χ2n) is 0.471. The molecule has 6 heavy (non-hydrogen) atoms. The molecule has 0 aliphatic heterocycles. The van der Waals surface area contributed by atoms with E-state index in [1.165, 1.54) is 6.54 Å². The minimum Gasteiger partial charge on any atom is -0.482 e. The standard InChI is InChI=1S/C2H7N2.Cu.H2O/c3-1-2-4;;/h1H,2-4H2;;1H2/q-1;+1;. The van der Waals surface area contributed by atoms with Crippen LogP contribution in [0.15, 0.2) is 0 Å². The van der Waals surface area contributed by atoms with Crippen LogP contribution in [0.5, 0.6) is 0 Å². The zero-order valence-electron chi connectivity index (χ0n) is 3.24. The molecular formula is C2H9CuN2O. The zero-order valence-corrected chi connectivity index (χ0v) is 4.18. The summed E-state index contributed by atoms with van der Waals surface area (Å²) < 4.78 is 0. The molecule has 3 nitrogen and oxygen atoms in total. The first-order valence-corrected chi connectivity index (χ1v) is 1.15. The monoisotopic (exact) mass is 140 g/mol. The van der Waals surface area contributed by atoms with Crippen molar-refractivity contribution < 1.29 is 22.5 Å². The largest absolute Gasteiger partial charge is 1.00 e. The Bertz CT molecular complexity index is 13.5. The normalized spacial score (nSPS) is 5.00. The Kier molecular flexibility index (Phi) is 48.8. The van der Waals surface area contributed by atoms with Crippen LogP contribution in [0, 0.1) is 6.54 Å². The van der Waals surface area contributed by atoms with Gasteiger partial charge in [-0.3, -0.25) is 6.54 Å². The molecule has 6 N–H and O–H groups in total. The molecule has 0 saturated carbocycles. The van der Waals surface area contributed by atoms with Gasteiger partial charge in [0.2, 0.25) is 0 Å². The third-order valence-electron chi connectivity index (χ3n) is 0.136. The first kappa shape index (κ1) is 16.1. The number of nitrogens with two attached hydrogens (primary N) is 2. The maximum absolute atomic E-state index is 4.85. The first-order chi connectivity index (χ1) is 1.91. The van der Waals surface area contributed by atoms with E-state index >= 15 is 0 Å². The molecule has 0 aliphatic carbocycles. The summed E-state index contributed by atoms with van der Waals surface area (Å²) in [7, 11) is 0. The summed E-state index contributed by atoms with van der Waals surface area (Å²) in [6.07, 6.45) is 0. The molecule has 0 aromatic carbocycles. The van der Waals surface area contributed by atoms with E-state index in [4.69, 9.17) is 11.5 Å². The van der Waals surface area contributed by atoms with Crippen molar-refractivity contribution in [1.29, 1.82) is 0 Å². The van der Waals surface area contributed by atoms with Gasteiger partial charge in [0.25, 0.3) is 0 Å². The minimum atomic E-state index is 0. The van der Waals surface area contributed by atoms with Crippen molar-refractivity contribution in [1.82, 2.24) is 0 Å². The van der Waals surface area contributed by atoms with Gasteiger partial charge in [0.15, 0.2) is 0 Å². The number of hydrogen-bond donors (Lipinski definition) is 2. The van der Waals surface area contributed by atoms with Gasteiger partial charge < -0.3 is 16.9 Å². The van der Waals surface area contributed by atoms with Gasteiger partial charge in [0.1, 0.15) is 0 Å². The van der Waals surface area contributed by atoms with Gasteiger partial charge in [-0.15, -0.1) is 6.54 Å². The van der Waals surface area contributed by atoms with Crippen molar-refractivity contribution in [2.45, 2.75) is 0 Å². The number of rotatable bonds is 1. The van der Waals surface area contributed by atoms with Crippen LogP contribution in [0.4, 0.5) is 0 Å². The quantitative estimate of drug-likeness (QED) is 0.334. The van der Waals surface area contributed by atoms with E-state index in [9.17, 15) is 0 Å². The molecular weight excluding hydrogens is 132 g/mol. The molecule has 0 atom stereocenters. The molecule has 0 rings (SSSR count). The van der Waals surface area contributed by atoms with E-state index in [1.54, 1.807) is 0 Å². The molecule has 0 aliphatic rings. The summed E-state index contributed by atoms with van der Waals surface area (Å²) in [6, 6.07) is 0. The third-order valence-corrected chi connectivity index (χ3v) is 0.136. The maximum Gasteiger partial charge on any atom is 1.00 e. The van der Waals surface area contributed by atoms with Gasteiger partial charge in [0, 0.05) is 0 Å². The van der Waals surface area contributed by atoms with Crippen molar-refractivity contribution in [3.63, 3.8) is 0 Å². The van der Waals surface area contributed by atoms with E-state index in [0.717, 1.165) is 0 Å². The third kappa shape index (κ3) is 26.0. The topological polar surface area (TPSA) is 83.5 Å². The maximum atomic E-state index is 4.85. The van der Waals surface area contributed by atoms with Crippen molar-refractivity contribution in [3.8, 4) is 0 Å². The summed E-state index contributed by atoms with van der Waals surface area (Å²) in [5.41, 5.74) is 9.62. The molecule has 0 fully saturated rings. The van der Waals surface area contributed by atoms with Crippen LogP contribution in [0.25, 0.3) is 0 Å². The van der Waals surface area contributed by atoms with Gasteiger partial charge in [-0.05, 0) is 0 Å². The molecule has 0 spiro atoms. The predicted molar refractivity (Wildman–Crippen MR) is 21.2 cm³/mol. The summed E-state index contributed by atoms with van der Waals surface area (Å²) in [5.74, 6) is 0. The van der Waals surface area contributed by atoms with Crippen LogP contribution < -0.4 is 11.5 Å². The van der Waals surface area contributed by atoms with Gasteiger partial charge in [0.05, 0.1) is 0 Å². The fourth-order valence-electron chi connectivity index (χ4n) is 0. The summed E-state index contributed by atoms with van der Waals surface area (Å²) in [5, 5.41) is 0. The average molecular weight is 141 g/mol. The van der Waals surface area contributed by atoms with Crippen LogP contribution in [0.1, 0.15) is 0 Å². The Morgan fingerprint density at radius 3 is 1.67 bits per heavy atom. The molecule has 0 aromatic heterocycles. The molecule has 0 aromatic rings. The van der Waals surface area contributed by atoms with Crippen LogP contribution >= 0.6 is 0 Å². The van der Waals surface area contributed by atoms with Gasteiger partial charge >= 0.3 is 17.1 Å². The Hall–Kier alpha value is 0.399. The van der Waals surface area contributed by atoms with E-state index in [0.29, 0.717) is 6.54 Å². The summed E-state index contributed by atoms with van der Waals surface area (Å²) in [4.78, 5) is 0. The Morgan fingerprint density at radius 1 is 1.50 bits per heavy atom. The average Bonchev–Trinajstić information content (AvgIpc) is 1.37. The van der Waals surface area contributed by atoms with Crippen LogP contribution in [0.3, 0.4) is 0 Å². The minimum absolute atomic E-state index is 0. The molecule has 0 amide bonds. The Labute approximate surface area is 47.9 Å². The zero-order chi connectivity index (χ0) is 3.41. The molecule has 44 valence electrons. The van der Waals surface area contributed by atoms with E-state index < -0.39 is 0 Å². The molecule has 0 saturated heterocycles. The van der Waals surface area contributed by atoms with Crippen LogP contribution in [-0.4, -0.2) is 12.0 Å². The predicted octanol–water partition coefficient (Wildman–Crippen LogP) is -1.76. The van der Waals surface area contributed by atoms with E-state index in [2.05, 4.69) is 0 Å². The second kappa shape index (κ2) is 18.2. The number of hydrogen-bond acceptors (Lipinski definition) is 2. The molecule has 0 unspecified atom stereocenters. The Balaban J connectivity index is -0.0000000450. The van der Waals surface area contributed by atoms with Crippen molar-refractivity contribution in [2.75, 3.05) is 6.54 Å². The molecule has 0 heterocycles. The van der Waals surface area contributed by atoms with Gasteiger partial charge in [-0.25, -0.2) is 0 Å². The second-order valence-corrected chi connectivity index (χ2v) is 0.471. The SMILES string of the molecule is N[CH-]CN.O.[Cu+]. The van der Waals surface area contributed by atoms with E-state index in [1.807, 2.05) is 0 Å². The van der Waals surface area contributed by atoms with Crippen LogP contribution in [-0.2, 0) is 17.1 Å². The van der Waals surface area contributed by atoms with E-state index in [-0.39, 0.29) is 22.5 Å². The summed E-state index contributed by atoms with van der Waals surface area (Å²) >= 11 is 0. The van der Waals surface area contributed by atoms with Crippen molar-refractivity contribution >= 4 is 0 Å². The molecule has 4 heteroatoms. The van der Waals surface area contributed by atoms with Crippen LogP contribution in [0.2, 0.25) is 0 Å². The smallest absolute Gasteiger partial charge is 0.482 e. The van der Waals surface area contributed by atoms with Crippen molar-refractivity contribution in [3.05, 3.63) is 6.54 Å². The fraction of sp³-hybridized carbons (Fsp3) is 0.500. The molecule has 0 bridgehead atoms. The Morgan fingerprint density at radius 2 is 1.67 bits per heavy atom. The fourth-order valence-corrected chi connectivity index (χ4v) is 0. The first-order valence-electron chi connectivity index (χ1n) is 1.15. The molecule has 0 radical (unpaired) electrons. The summed E-state index contributed by atoms with van der Waals surface area (Å²) in [6.45, 7) is 1.88. The van der Waals surface area contributed by atoms with Crippen molar-refractivity contribution in [2.24, 2.45) is 11.5 Å². The van der Waals surface area contributed by atoms with Gasteiger partial charge in [-0.1, -0.05) is 0 Å².